The SMILES string of the molecule is O=C(c1ccccc1OC(F)(F)F)N1CCN(C(=NC2(C(=O)O)CC2)c2ccccn2)CC1. The zero-order valence-corrected chi connectivity index (χ0v) is 17.5. The molecule has 0 spiro atoms. The van der Waals surface area contributed by atoms with Crippen LogP contribution in [0.25, 0.3) is 0 Å². The molecule has 1 aliphatic carbocycles. The molecule has 174 valence electrons. The van der Waals surface area contributed by atoms with Crippen LogP contribution in [-0.2, 0) is 4.79 Å². The maximum Gasteiger partial charge on any atom is 0.573 e. The molecule has 1 aromatic heterocycles. The van der Waals surface area contributed by atoms with Gasteiger partial charge in [0, 0.05) is 32.4 Å². The minimum absolute atomic E-state index is 0.176. The summed E-state index contributed by atoms with van der Waals surface area (Å²) in [5, 5.41) is 9.55. The third kappa shape index (κ3) is 5.07. The number of amidine groups is 1. The number of nitrogens with zero attached hydrogens (tertiary/aromatic N) is 4. The van der Waals surface area contributed by atoms with Crippen LogP contribution in [0.15, 0.2) is 53.7 Å². The number of benzene rings is 1. The van der Waals surface area contributed by atoms with Gasteiger partial charge < -0.3 is 19.6 Å². The highest BCUT2D eigenvalue weighted by molar-refractivity contribution is 6.00. The number of alkyl halides is 3. The number of para-hydroxylation sites is 1. The van der Waals surface area contributed by atoms with Gasteiger partial charge in [-0.15, -0.1) is 13.2 Å². The fraction of sp³-hybridized carbons (Fsp3) is 0.364. The lowest BCUT2D eigenvalue weighted by atomic mass is 10.1. The Hall–Kier alpha value is -3.63. The number of pyridine rings is 1. The highest BCUT2D eigenvalue weighted by Gasteiger charge is 2.51. The average Bonchev–Trinajstić information content (AvgIpc) is 3.58. The minimum atomic E-state index is -4.91. The molecule has 1 N–H and O–H groups in total. The number of hydrogen-bond donors (Lipinski definition) is 1. The number of carboxylic acid groups (broad SMARTS) is 1. The molecule has 11 heteroatoms. The second-order valence-electron chi connectivity index (χ2n) is 7.81. The number of carboxylic acids is 1. The highest BCUT2D eigenvalue weighted by Crippen LogP contribution is 2.40. The maximum atomic E-state index is 12.9. The summed E-state index contributed by atoms with van der Waals surface area (Å²) in [7, 11) is 0. The molecule has 4 rings (SSSR count). The van der Waals surface area contributed by atoms with Crippen molar-refractivity contribution in [2.75, 3.05) is 26.2 Å². The molecule has 0 bridgehead atoms. The van der Waals surface area contributed by atoms with Crippen LogP contribution < -0.4 is 4.74 Å². The van der Waals surface area contributed by atoms with Gasteiger partial charge >= 0.3 is 12.3 Å². The Morgan fingerprint density at radius 2 is 1.64 bits per heavy atom. The number of halogens is 3. The number of amides is 1. The van der Waals surface area contributed by atoms with E-state index in [0.717, 1.165) is 6.07 Å². The van der Waals surface area contributed by atoms with E-state index in [1.807, 2.05) is 4.90 Å². The Morgan fingerprint density at radius 1 is 1.00 bits per heavy atom. The Bertz CT molecular complexity index is 1060. The van der Waals surface area contributed by atoms with E-state index >= 15 is 0 Å². The van der Waals surface area contributed by atoms with Crippen LogP contribution in [0, 0.1) is 0 Å². The summed E-state index contributed by atoms with van der Waals surface area (Å²) in [5.41, 5.74) is -0.813. The molecular formula is C22H21F3N4O4. The maximum absolute atomic E-state index is 12.9. The summed E-state index contributed by atoms with van der Waals surface area (Å²) >= 11 is 0. The quantitative estimate of drug-likeness (QED) is 0.543. The molecule has 0 atom stereocenters. The number of carbonyl (C=O) groups is 2. The fourth-order valence-corrected chi connectivity index (χ4v) is 3.63. The lowest BCUT2D eigenvalue weighted by Gasteiger charge is -2.37. The van der Waals surface area contributed by atoms with E-state index in [-0.39, 0.29) is 18.7 Å². The standard InChI is InChI=1S/C22H21F3N4O4/c23-22(24,25)33-17-7-2-1-5-15(17)19(30)29-13-11-28(12-14-29)18(16-6-3-4-10-26-16)27-21(8-9-21)20(31)32/h1-7,10H,8-9,11-14H2,(H,31,32). The molecule has 0 radical (unpaired) electrons. The van der Waals surface area contributed by atoms with Gasteiger partial charge in [0.25, 0.3) is 5.91 Å². The van der Waals surface area contributed by atoms with Gasteiger partial charge in [0.1, 0.15) is 11.4 Å². The number of ether oxygens (including phenoxy) is 1. The van der Waals surface area contributed by atoms with Crippen LogP contribution in [0.2, 0.25) is 0 Å². The van der Waals surface area contributed by atoms with Gasteiger partial charge in [-0.3, -0.25) is 9.78 Å². The second kappa shape index (κ2) is 8.72. The first-order valence-corrected chi connectivity index (χ1v) is 10.3. The van der Waals surface area contributed by atoms with Crippen molar-refractivity contribution in [2.24, 2.45) is 4.99 Å². The van der Waals surface area contributed by atoms with Crippen molar-refractivity contribution in [3.05, 3.63) is 59.9 Å². The summed E-state index contributed by atoms with van der Waals surface area (Å²) in [6.07, 6.45) is -2.45. The van der Waals surface area contributed by atoms with Gasteiger partial charge in [0.2, 0.25) is 0 Å². The predicted molar refractivity (Wildman–Crippen MR) is 111 cm³/mol. The van der Waals surface area contributed by atoms with E-state index in [9.17, 15) is 27.9 Å². The number of aliphatic carboxylic acids is 1. The molecule has 2 aliphatic rings. The summed E-state index contributed by atoms with van der Waals surface area (Å²) in [5.74, 6) is -1.69. The summed E-state index contributed by atoms with van der Waals surface area (Å²) < 4.78 is 42.1. The predicted octanol–water partition coefficient (Wildman–Crippen LogP) is 2.80. The van der Waals surface area contributed by atoms with E-state index in [2.05, 4.69) is 14.7 Å². The molecule has 1 aromatic carbocycles. The van der Waals surface area contributed by atoms with Crippen molar-refractivity contribution in [1.29, 1.82) is 0 Å². The normalized spacial score (nSPS) is 18.1. The Morgan fingerprint density at radius 3 is 2.21 bits per heavy atom. The number of hydrogen-bond acceptors (Lipinski definition) is 5. The Kier molecular flexibility index (Phi) is 5.96. The van der Waals surface area contributed by atoms with Crippen LogP contribution in [-0.4, -0.2) is 75.7 Å². The van der Waals surface area contributed by atoms with Crippen LogP contribution in [0.5, 0.6) is 5.75 Å². The molecule has 0 unspecified atom stereocenters. The van der Waals surface area contributed by atoms with Crippen LogP contribution in [0.1, 0.15) is 28.9 Å². The van der Waals surface area contributed by atoms with E-state index in [4.69, 9.17) is 0 Å². The second-order valence-corrected chi connectivity index (χ2v) is 7.81. The van der Waals surface area contributed by atoms with Crippen molar-refractivity contribution in [2.45, 2.75) is 24.7 Å². The molecule has 33 heavy (non-hydrogen) atoms. The summed E-state index contributed by atoms with van der Waals surface area (Å²) in [4.78, 5) is 36.7. The fourth-order valence-electron chi connectivity index (χ4n) is 3.63. The van der Waals surface area contributed by atoms with Crippen molar-refractivity contribution in [3.8, 4) is 5.75 Å². The van der Waals surface area contributed by atoms with E-state index in [0.29, 0.717) is 37.5 Å². The van der Waals surface area contributed by atoms with Gasteiger partial charge in [-0.05, 0) is 37.1 Å². The molecule has 8 nitrogen and oxygen atoms in total. The molecule has 1 saturated heterocycles. The van der Waals surface area contributed by atoms with Gasteiger partial charge in [0.05, 0.1) is 5.56 Å². The molecule has 2 heterocycles. The molecule has 2 aromatic rings. The van der Waals surface area contributed by atoms with Gasteiger partial charge in [-0.2, -0.15) is 0 Å². The molecular weight excluding hydrogens is 441 g/mol. The molecule has 1 aliphatic heterocycles. The number of aromatic nitrogens is 1. The third-order valence-electron chi connectivity index (χ3n) is 5.55. The number of aliphatic imine (C=N–C) groups is 1. The summed E-state index contributed by atoms with van der Waals surface area (Å²) in [6, 6.07) is 10.5. The Labute approximate surface area is 187 Å². The molecule has 2 fully saturated rings. The average molecular weight is 462 g/mol. The number of piperazine rings is 1. The third-order valence-corrected chi connectivity index (χ3v) is 5.55. The molecule has 1 saturated carbocycles. The minimum Gasteiger partial charge on any atom is -0.479 e. The first-order chi connectivity index (χ1) is 15.7. The first kappa shape index (κ1) is 22.6. The van der Waals surface area contributed by atoms with Crippen LogP contribution in [0.3, 0.4) is 0 Å². The smallest absolute Gasteiger partial charge is 0.479 e. The van der Waals surface area contributed by atoms with Crippen LogP contribution >= 0.6 is 0 Å². The van der Waals surface area contributed by atoms with Crippen molar-refractivity contribution in [3.63, 3.8) is 0 Å². The van der Waals surface area contributed by atoms with Crippen molar-refractivity contribution >= 4 is 17.7 Å². The van der Waals surface area contributed by atoms with Gasteiger partial charge in [0.15, 0.2) is 11.4 Å². The highest BCUT2D eigenvalue weighted by atomic mass is 19.4. The number of carbonyl (C=O) groups excluding carboxylic acids is 1. The Balaban J connectivity index is 1.52. The monoisotopic (exact) mass is 462 g/mol. The topological polar surface area (TPSA) is 95.3 Å². The molecule has 1 amide bonds. The van der Waals surface area contributed by atoms with Gasteiger partial charge in [-0.25, -0.2) is 9.79 Å². The van der Waals surface area contributed by atoms with Crippen molar-refractivity contribution in [1.82, 2.24) is 14.8 Å². The lowest BCUT2D eigenvalue weighted by molar-refractivity contribution is -0.274. The largest absolute Gasteiger partial charge is 0.573 e. The van der Waals surface area contributed by atoms with Gasteiger partial charge in [-0.1, -0.05) is 18.2 Å². The zero-order valence-electron chi connectivity index (χ0n) is 17.5. The first-order valence-electron chi connectivity index (χ1n) is 10.3. The van der Waals surface area contributed by atoms with E-state index in [1.165, 1.54) is 23.1 Å². The lowest BCUT2D eigenvalue weighted by Crippen LogP contribution is -2.51. The van der Waals surface area contributed by atoms with Crippen molar-refractivity contribution < 1.29 is 32.6 Å². The van der Waals surface area contributed by atoms with E-state index in [1.54, 1.807) is 24.4 Å². The zero-order chi connectivity index (χ0) is 23.6. The number of rotatable bonds is 5. The van der Waals surface area contributed by atoms with E-state index < -0.39 is 29.5 Å². The van der Waals surface area contributed by atoms with Crippen LogP contribution in [0.4, 0.5) is 13.2 Å². The summed E-state index contributed by atoms with van der Waals surface area (Å²) in [6.45, 7) is 1.06.